The second-order valence-corrected chi connectivity index (χ2v) is 6.09. The van der Waals surface area contributed by atoms with Crippen LogP contribution in [0.5, 0.6) is 0 Å². The number of aliphatic carboxylic acids is 1. The van der Waals surface area contributed by atoms with Crippen LogP contribution in [0, 0.1) is 11.8 Å². The molecule has 2 bridgehead atoms. The van der Waals surface area contributed by atoms with Crippen molar-refractivity contribution in [1.82, 2.24) is 4.90 Å². The molecule has 6 nitrogen and oxygen atoms in total. The molecule has 4 aliphatic heterocycles. The van der Waals surface area contributed by atoms with Crippen molar-refractivity contribution < 1.29 is 24.2 Å². The van der Waals surface area contributed by atoms with Crippen LogP contribution in [0.15, 0.2) is 12.2 Å². The van der Waals surface area contributed by atoms with Crippen LogP contribution in [0.2, 0.25) is 0 Å². The molecule has 0 saturated carbocycles. The lowest BCUT2D eigenvalue weighted by molar-refractivity contribution is -0.148. The molecule has 6 heteroatoms. The number of carboxylic acids is 1. The Hall–Kier alpha value is -1.40. The minimum Gasteiger partial charge on any atom is -0.481 e. The largest absolute Gasteiger partial charge is 0.481 e. The number of amides is 1. The van der Waals surface area contributed by atoms with Crippen LogP contribution in [0.3, 0.4) is 0 Å². The fourth-order valence-corrected chi connectivity index (χ4v) is 4.05. The normalized spacial score (nSPS) is 45.4. The SMILES string of the molecule is O=C(O)[C@@H]1[C@H]2C=C[C@]3(CN(C[C@@H]4CCCO4)C(=O)[C@@H]13)O2. The van der Waals surface area contributed by atoms with Gasteiger partial charge in [-0.05, 0) is 12.8 Å². The Balaban J connectivity index is 1.58. The summed E-state index contributed by atoms with van der Waals surface area (Å²) >= 11 is 0. The molecule has 0 unspecified atom stereocenters. The number of likely N-dealkylation sites (tertiary alicyclic amines) is 1. The first-order chi connectivity index (χ1) is 9.61. The molecule has 0 aliphatic carbocycles. The third-order valence-electron chi connectivity index (χ3n) is 4.91. The zero-order chi connectivity index (χ0) is 13.9. The molecule has 1 amide bonds. The van der Waals surface area contributed by atoms with E-state index in [2.05, 4.69) is 0 Å². The van der Waals surface area contributed by atoms with Gasteiger partial charge in [0.05, 0.1) is 24.7 Å². The molecule has 5 atom stereocenters. The molecule has 1 N–H and O–H groups in total. The van der Waals surface area contributed by atoms with Gasteiger partial charge in [0.2, 0.25) is 5.91 Å². The van der Waals surface area contributed by atoms with E-state index < -0.39 is 29.5 Å². The highest BCUT2D eigenvalue weighted by Crippen LogP contribution is 2.51. The lowest BCUT2D eigenvalue weighted by Gasteiger charge is -2.23. The quantitative estimate of drug-likeness (QED) is 0.738. The first kappa shape index (κ1) is 12.3. The van der Waals surface area contributed by atoms with Crippen molar-refractivity contribution in [1.29, 1.82) is 0 Å². The zero-order valence-electron chi connectivity index (χ0n) is 11.0. The number of hydrogen-bond donors (Lipinski definition) is 1. The van der Waals surface area contributed by atoms with Crippen LogP contribution in [-0.2, 0) is 19.1 Å². The standard InChI is InChI=1S/C14H17NO5/c16-12-11-10(13(17)18)9-3-4-14(11,20-9)7-15(12)6-8-2-1-5-19-8/h3-4,8-11H,1-2,5-7H2,(H,17,18)/t8-,9+,10+,11+,14+/m0/s1. The molecule has 4 heterocycles. The van der Waals surface area contributed by atoms with Crippen molar-refractivity contribution in [3.63, 3.8) is 0 Å². The van der Waals surface area contributed by atoms with E-state index >= 15 is 0 Å². The highest BCUT2D eigenvalue weighted by Gasteiger charge is 2.67. The predicted molar refractivity (Wildman–Crippen MR) is 66.9 cm³/mol. The van der Waals surface area contributed by atoms with Gasteiger partial charge in [-0.1, -0.05) is 12.2 Å². The van der Waals surface area contributed by atoms with E-state index in [1.807, 2.05) is 6.08 Å². The van der Waals surface area contributed by atoms with Gasteiger partial charge in [0.25, 0.3) is 0 Å². The van der Waals surface area contributed by atoms with Gasteiger partial charge in [-0.3, -0.25) is 9.59 Å². The Morgan fingerprint density at radius 2 is 2.40 bits per heavy atom. The average molecular weight is 279 g/mol. The third-order valence-corrected chi connectivity index (χ3v) is 4.91. The van der Waals surface area contributed by atoms with Crippen molar-refractivity contribution in [3.05, 3.63) is 12.2 Å². The number of carbonyl (C=O) groups excluding carboxylic acids is 1. The summed E-state index contributed by atoms with van der Waals surface area (Å²) in [5, 5.41) is 9.36. The van der Waals surface area contributed by atoms with Crippen LogP contribution in [0.4, 0.5) is 0 Å². The molecule has 108 valence electrons. The molecule has 20 heavy (non-hydrogen) atoms. The van der Waals surface area contributed by atoms with Crippen molar-refractivity contribution in [2.24, 2.45) is 11.8 Å². The lowest BCUT2D eigenvalue weighted by atomic mass is 9.77. The molecular weight excluding hydrogens is 262 g/mol. The highest BCUT2D eigenvalue weighted by atomic mass is 16.5. The highest BCUT2D eigenvalue weighted by molar-refractivity contribution is 5.90. The van der Waals surface area contributed by atoms with Crippen LogP contribution in [-0.4, -0.2) is 59.4 Å². The van der Waals surface area contributed by atoms with Gasteiger partial charge < -0.3 is 19.5 Å². The fraction of sp³-hybridized carbons (Fsp3) is 0.714. The number of rotatable bonds is 3. The second-order valence-electron chi connectivity index (χ2n) is 6.09. The van der Waals surface area contributed by atoms with Gasteiger partial charge >= 0.3 is 5.97 Å². The second kappa shape index (κ2) is 4.05. The summed E-state index contributed by atoms with van der Waals surface area (Å²) in [4.78, 5) is 25.7. The molecule has 3 fully saturated rings. The van der Waals surface area contributed by atoms with Gasteiger partial charge in [-0.2, -0.15) is 0 Å². The van der Waals surface area contributed by atoms with Crippen molar-refractivity contribution in [2.75, 3.05) is 19.7 Å². The van der Waals surface area contributed by atoms with Crippen molar-refractivity contribution in [2.45, 2.75) is 30.7 Å². The van der Waals surface area contributed by atoms with E-state index in [9.17, 15) is 14.7 Å². The summed E-state index contributed by atoms with van der Waals surface area (Å²) in [5.41, 5.74) is -0.719. The zero-order valence-corrected chi connectivity index (χ0v) is 11.0. The number of nitrogens with zero attached hydrogens (tertiary/aromatic N) is 1. The van der Waals surface area contributed by atoms with Gasteiger partial charge in [0.1, 0.15) is 11.5 Å². The maximum atomic E-state index is 12.6. The van der Waals surface area contributed by atoms with E-state index in [4.69, 9.17) is 9.47 Å². The van der Waals surface area contributed by atoms with Crippen LogP contribution in [0.25, 0.3) is 0 Å². The Morgan fingerprint density at radius 3 is 3.10 bits per heavy atom. The number of fused-ring (bicyclic) bond motifs is 1. The maximum absolute atomic E-state index is 12.6. The van der Waals surface area contributed by atoms with Crippen molar-refractivity contribution in [3.8, 4) is 0 Å². The molecule has 4 aliphatic rings. The van der Waals surface area contributed by atoms with Crippen LogP contribution >= 0.6 is 0 Å². The maximum Gasteiger partial charge on any atom is 0.310 e. The Morgan fingerprint density at radius 1 is 1.55 bits per heavy atom. The Bertz CT molecular complexity index is 498. The van der Waals surface area contributed by atoms with Gasteiger partial charge in [-0.15, -0.1) is 0 Å². The first-order valence-electron chi connectivity index (χ1n) is 7.11. The summed E-state index contributed by atoms with van der Waals surface area (Å²) in [6, 6.07) is 0. The van der Waals surface area contributed by atoms with E-state index in [1.54, 1.807) is 11.0 Å². The third kappa shape index (κ3) is 1.52. The average Bonchev–Trinajstić information content (AvgIpc) is 3.12. The summed E-state index contributed by atoms with van der Waals surface area (Å²) in [6.07, 6.45) is 5.29. The van der Waals surface area contributed by atoms with E-state index in [1.165, 1.54) is 0 Å². The van der Waals surface area contributed by atoms with E-state index in [-0.39, 0.29) is 12.0 Å². The number of ether oxygens (including phenoxy) is 2. The fourth-order valence-electron chi connectivity index (χ4n) is 4.05. The predicted octanol–water partition coefficient (Wildman–Crippen LogP) is 0.0320. The van der Waals surface area contributed by atoms with Crippen LogP contribution in [0.1, 0.15) is 12.8 Å². The van der Waals surface area contributed by atoms with Gasteiger partial charge in [-0.25, -0.2) is 0 Å². The monoisotopic (exact) mass is 279 g/mol. The summed E-state index contributed by atoms with van der Waals surface area (Å²) in [6.45, 7) is 1.75. The molecule has 0 aromatic heterocycles. The smallest absolute Gasteiger partial charge is 0.310 e. The first-order valence-corrected chi connectivity index (χ1v) is 7.11. The Kier molecular flexibility index (Phi) is 2.50. The van der Waals surface area contributed by atoms with Crippen LogP contribution < -0.4 is 0 Å². The lowest BCUT2D eigenvalue weighted by Crippen LogP contribution is -2.39. The number of carboxylic acid groups (broad SMARTS) is 1. The number of hydrogen-bond acceptors (Lipinski definition) is 4. The molecule has 0 aromatic rings. The molecule has 1 spiro atoms. The Labute approximate surface area is 116 Å². The summed E-state index contributed by atoms with van der Waals surface area (Å²) in [5.74, 6) is -2.36. The molecule has 3 saturated heterocycles. The molecule has 0 radical (unpaired) electrons. The minimum atomic E-state index is -0.946. The van der Waals surface area contributed by atoms with E-state index in [0.717, 1.165) is 19.4 Å². The minimum absolute atomic E-state index is 0.0821. The topological polar surface area (TPSA) is 76.1 Å². The summed E-state index contributed by atoms with van der Waals surface area (Å²) in [7, 11) is 0. The van der Waals surface area contributed by atoms with Gasteiger partial charge in [0.15, 0.2) is 0 Å². The van der Waals surface area contributed by atoms with Gasteiger partial charge in [0, 0.05) is 13.2 Å². The molecular formula is C14H17NO5. The molecule has 4 rings (SSSR count). The number of carbonyl (C=O) groups is 2. The molecule has 0 aromatic carbocycles. The van der Waals surface area contributed by atoms with Crippen molar-refractivity contribution >= 4 is 11.9 Å². The summed E-state index contributed by atoms with van der Waals surface area (Å²) < 4.78 is 11.4. The van der Waals surface area contributed by atoms with E-state index in [0.29, 0.717) is 13.1 Å².